The van der Waals surface area contributed by atoms with Crippen molar-refractivity contribution < 1.29 is 4.79 Å². The highest BCUT2D eigenvalue weighted by atomic mass is 32.2. The molecule has 1 atom stereocenters. The predicted octanol–water partition coefficient (Wildman–Crippen LogP) is 3.50. The molecule has 0 radical (unpaired) electrons. The first-order chi connectivity index (χ1) is 8.19. The Labute approximate surface area is 115 Å². The SMILES string of the molecule is CCN(CC)C(=S)SCC1CCCCCC1=O. The molecule has 1 saturated carbocycles. The molecule has 0 N–H and O–H groups in total. The molecule has 0 aromatic heterocycles. The number of nitrogens with zero attached hydrogens (tertiary/aromatic N) is 1. The molecule has 0 amide bonds. The van der Waals surface area contributed by atoms with Crippen LogP contribution in [0.2, 0.25) is 0 Å². The largest absolute Gasteiger partial charge is 0.358 e. The molecule has 0 saturated heterocycles. The van der Waals surface area contributed by atoms with E-state index >= 15 is 0 Å². The summed E-state index contributed by atoms with van der Waals surface area (Å²) < 4.78 is 0.951. The molecule has 0 heterocycles. The fraction of sp³-hybridized carbons (Fsp3) is 0.846. The van der Waals surface area contributed by atoms with Crippen molar-refractivity contribution in [3.8, 4) is 0 Å². The summed E-state index contributed by atoms with van der Waals surface area (Å²) in [5.41, 5.74) is 0. The molecule has 1 unspecified atom stereocenters. The van der Waals surface area contributed by atoms with Crippen LogP contribution in [0.25, 0.3) is 0 Å². The molecule has 0 aromatic rings. The lowest BCUT2D eigenvalue weighted by atomic mass is 10.0. The highest BCUT2D eigenvalue weighted by molar-refractivity contribution is 8.22. The van der Waals surface area contributed by atoms with E-state index in [0.29, 0.717) is 5.78 Å². The summed E-state index contributed by atoms with van der Waals surface area (Å²) in [4.78, 5) is 14.0. The van der Waals surface area contributed by atoms with Gasteiger partial charge in [0, 0.05) is 31.2 Å². The van der Waals surface area contributed by atoms with Crippen LogP contribution >= 0.6 is 24.0 Å². The van der Waals surface area contributed by atoms with Gasteiger partial charge in [-0.25, -0.2) is 0 Å². The number of ketones is 1. The summed E-state index contributed by atoms with van der Waals surface area (Å²) in [6.07, 6.45) is 5.35. The van der Waals surface area contributed by atoms with Gasteiger partial charge in [-0.15, -0.1) is 0 Å². The first-order valence-corrected chi connectivity index (χ1v) is 8.02. The Kier molecular flexibility index (Phi) is 7.12. The van der Waals surface area contributed by atoms with Crippen molar-refractivity contribution in [2.45, 2.75) is 46.0 Å². The van der Waals surface area contributed by atoms with Crippen molar-refractivity contribution in [2.75, 3.05) is 18.8 Å². The number of thioether (sulfide) groups is 1. The molecule has 0 bridgehead atoms. The maximum atomic E-state index is 11.9. The summed E-state index contributed by atoms with van der Waals surface area (Å²) in [7, 11) is 0. The van der Waals surface area contributed by atoms with Gasteiger partial charge in [-0.3, -0.25) is 4.79 Å². The van der Waals surface area contributed by atoms with Crippen LogP contribution < -0.4 is 0 Å². The van der Waals surface area contributed by atoms with E-state index in [1.54, 1.807) is 11.8 Å². The average Bonchev–Trinajstić information content (AvgIpc) is 2.53. The van der Waals surface area contributed by atoms with Gasteiger partial charge in [0.25, 0.3) is 0 Å². The maximum Gasteiger partial charge on any atom is 0.136 e. The molecule has 2 nitrogen and oxygen atoms in total. The third-order valence-corrected chi connectivity index (χ3v) is 5.05. The van der Waals surface area contributed by atoms with Crippen molar-refractivity contribution in [3.05, 3.63) is 0 Å². The number of Topliss-reactive ketones (excluding diaryl/α,β-unsaturated/α-hetero) is 1. The normalized spacial score (nSPS) is 21.1. The predicted molar refractivity (Wildman–Crippen MR) is 79.6 cm³/mol. The van der Waals surface area contributed by atoms with E-state index in [2.05, 4.69) is 18.7 Å². The molecular formula is C13H23NOS2. The Balaban J connectivity index is 2.37. The van der Waals surface area contributed by atoms with E-state index in [0.717, 1.165) is 42.4 Å². The molecule has 4 heteroatoms. The monoisotopic (exact) mass is 273 g/mol. The zero-order chi connectivity index (χ0) is 12.7. The molecule has 1 aliphatic carbocycles. The molecule has 0 aromatic carbocycles. The van der Waals surface area contributed by atoms with Crippen molar-refractivity contribution in [1.82, 2.24) is 4.90 Å². The summed E-state index contributed by atoms with van der Waals surface area (Å²) in [6.45, 7) is 6.15. The van der Waals surface area contributed by atoms with Gasteiger partial charge in [-0.05, 0) is 26.7 Å². The second-order valence-electron chi connectivity index (χ2n) is 4.51. The lowest BCUT2D eigenvalue weighted by molar-refractivity contribution is -0.122. The lowest BCUT2D eigenvalue weighted by Crippen LogP contribution is -2.28. The number of hydrogen-bond acceptors (Lipinski definition) is 3. The van der Waals surface area contributed by atoms with E-state index in [4.69, 9.17) is 12.2 Å². The Hall–Kier alpha value is -0.0900. The van der Waals surface area contributed by atoms with Gasteiger partial charge in [0.15, 0.2) is 0 Å². The zero-order valence-corrected chi connectivity index (χ0v) is 12.5. The standard InChI is InChI=1S/C13H23NOS2/c1-3-14(4-2)13(16)17-10-11-8-6-5-7-9-12(11)15/h11H,3-10H2,1-2H3. The van der Waals surface area contributed by atoms with Crippen LogP contribution in [-0.4, -0.2) is 33.8 Å². The van der Waals surface area contributed by atoms with Gasteiger partial charge in [-0.1, -0.05) is 36.8 Å². The first-order valence-electron chi connectivity index (χ1n) is 6.63. The third-order valence-electron chi connectivity index (χ3n) is 3.36. The van der Waals surface area contributed by atoms with E-state index in [1.165, 1.54) is 12.8 Å². The van der Waals surface area contributed by atoms with E-state index in [-0.39, 0.29) is 5.92 Å². The molecule has 17 heavy (non-hydrogen) atoms. The Morgan fingerprint density at radius 1 is 1.35 bits per heavy atom. The van der Waals surface area contributed by atoms with Crippen LogP contribution in [0.1, 0.15) is 46.0 Å². The van der Waals surface area contributed by atoms with Crippen molar-refractivity contribution in [3.63, 3.8) is 0 Å². The minimum atomic E-state index is 0.246. The van der Waals surface area contributed by atoms with E-state index in [1.807, 2.05) is 0 Å². The minimum absolute atomic E-state index is 0.246. The van der Waals surface area contributed by atoms with Gasteiger partial charge in [0.2, 0.25) is 0 Å². The number of hydrogen-bond donors (Lipinski definition) is 0. The Bertz CT molecular complexity index is 264. The topological polar surface area (TPSA) is 20.3 Å². The van der Waals surface area contributed by atoms with Gasteiger partial charge >= 0.3 is 0 Å². The summed E-state index contributed by atoms with van der Waals surface area (Å²) in [5, 5.41) is 0. The smallest absolute Gasteiger partial charge is 0.136 e. The quantitative estimate of drug-likeness (QED) is 0.577. The zero-order valence-electron chi connectivity index (χ0n) is 10.9. The summed E-state index contributed by atoms with van der Waals surface area (Å²) in [5.74, 6) is 1.59. The van der Waals surface area contributed by atoms with Crippen LogP contribution in [0, 0.1) is 5.92 Å². The van der Waals surface area contributed by atoms with Crippen molar-refractivity contribution >= 4 is 34.1 Å². The molecule has 1 fully saturated rings. The Morgan fingerprint density at radius 3 is 2.71 bits per heavy atom. The average molecular weight is 273 g/mol. The highest BCUT2D eigenvalue weighted by Gasteiger charge is 2.21. The Morgan fingerprint density at radius 2 is 2.06 bits per heavy atom. The molecule has 98 valence electrons. The van der Waals surface area contributed by atoms with Crippen LogP contribution in [0.15, 0.2) is 0 Å². The fourth-order valence-corrected chi connectivity index (χ4v) is 3.75. The van der Waals surface area contributed by atoms with Crippen LogP contribution in [0.4, 0.5) is 0 Å². The van der Waals surface area contributed by atoms with Gasteiger partial charge in [0.1, 0.15) is 10.1 Å². The molecule has 0 spiro atoms. The van der Waals surface area contributed by atoms with Crippen LogP contribution in [0.3, 0.4) is 0 Å². The minimum Gasteiger partial charge on any atom is -0.358 e. The van der Waals surface area contributed by atoms with Crippen LogP contribution in [-0.2, 0) is 4.79 Å². The van der Waals surface area contributed by atoms with Crippen molar-refractivity contribution in [1.29, 1.82) is 0 Å². The summed E-state index contributed by atoms with van der Waals surface area (Å²) in [6, 6.07) is 0. The van der Waals surface area contributed by atoms with Crippen LogP contribution in [0.5, 0.6) is 0 Å². The number of carbonyl (C=O) groups is 1. The number of carbonyl (C=O) groups excluding carboxylic acids is 1. The van der Waals surface area contributed by atoms with Crippen molar-refractivity contribution in [2.24, 2.45) is 5.92 Å². The second kappa shape index (κ2) is 8.09. The summed E-state index contributed by atoms with van der Waals surface area (Å²) >= 11 is 7.08. The number of rotatable bonds is 4. The first kappa shape index (κ1) is 15.0. The third kappa shape index (κ3) is 4.96. The number of thiocarbonyl (C=S) groups is 1. The highest BCUT2D eigenvalue weighted by Crippen LogP contribution is 2.24. The second-order valence-corrected chi connectivity index (χ2v) is 6.17. The maximum absolute atomic E-state index is 11.9. The van der Waals surface area contributed by atoms with E-state index < -0.39 is 0 Å². The molecular weight excluding hydrogens is 250 g/mol. The molecule has 0 aliphatic heterocycles. The van der Waals surface area contributed by atoms with Gasteiger partial charge in [0.05, 0.1) is 0 Å². The van der Waals surface area contributed by atoms with Gasteiger partial charge < -0.3 is 4.90 Å². The molecule has 1 aliphatic rings. The van der Waals surface area contributed by atoms with Gasteiger partial charge in [-0.2, -0.15) is 0 Å². The lowest BCUT2D eigenvalue weighted by Gasteiger charge is -2.22. The van der Waals surface area contributed by atoms with E-state index in [9.17, 15) is 4.79 Å². The molecule has 1 rings (SSSR count). The fourth-order valence-electron chi connectivity index (χ4n) is 2.15.